The number of nitrogens with one attached hydrogen (secondary N) is 1. The van der Waals surface area contributed by atoms with Crippen LogP contribution in [0.4, 0.5) is 5.00 Å². The van der Waals surface area contributed by atoms with Crippen LogP contribution in [0.2, 0.25) is 0 Å². The van der Waals surface area contributed by atoms with Crippen molar-refractivity contribution in [2.45, 2.75) is 19.8 Å². The predicted octanol–water partition coefficient (Wildman–Crippen LogP) is 1.73. The Balaban J connectivity index is 2.39. The van der Waals surface area contributed by atoms with Gasteiger partial charge in [0.15, 0.2) is 0 Å². The second-order valence-corrected chi connectivity index (χ2v) is 4.41. The molecular weight excluding hydrogens is 258 g/mol. The van der Waals surface area contributed by atoms with E-state index >= 15 is 0 Å². The average molecular weight is 271 g/mol. The van der Waals surface area contributed by atoms with E-state index in [2.05, 4.69) is 10.1 Å². The number of carboxylic acids is 1. The Labute approximate surface area is 108 Å². The molecular formula is C11H13NO5S. The number of hydrogen-bond acceptors (Lipinski definition) is 5. The predicted molar refractivity (Wildman–Crippen MR) is 65.8 cm³/mol. The number of carboxylic acid groups (broad SMARTS) is 1. The van der Waals surface area contributed by atoms with E-state index in [9.17, 15) is 14.4 Å². The number of ether oxygens (including phenoxy) is 1. The second kappa shape index (κ2) is 6.75. The fraction of sp³-hybridized carbons (Fsp3) is 0.364. The summed E-state index contributed by atoms with van der Waals surface area (Å²) in [4.78, 5) is 33.2. The van der Waals surface area contributed by atoms with Gasteiger partial charge in [-0.2, -0.15) is 0 Å². The van der Waals surface area contributed by atoms with E-state index in [0.717, 1.165) is 11.3 Å². The summed E-state index contributed by atoms with van der Waals surface area (Å²) >= 11 is 0.966. The Hall–Kier alpha value is -1.89. The lowest BCUT2D eigenvalue weighted by molar-refractivity contribution is -0.144. The maximum absolute atomic E-state index is 11.4. The molecule has 1 aromatic heterocycles. The molecule has 0 aliphatic rings. The summed E-state index contributed by atoms with van der Waals surface area (Å²) in [7, 11) is 0. The molecule has 2 N–H and O–H groups in total. The fourth-order valence-corrected chi connectivity index (χ4v) is 1.93. The van der Waals surface area contributed by atoms with E-state index < -0.39 is 11.9 Å². The third-order valence-corrected chi connectivity index (χ3v) is 2.93. The number of thiophene rings is 1. The molecule has 0 radical (unpaired) electrons. The van der Waals surface area contributed by atoms with Gasteiger partial charge in [0.25, 0.3) is 0 Å². The molecule has 18 heavy (non-hydrogen) atoms. The average Bonchev–Trinajstić information content (AvgIpc) is 2.75. The van der Waals surface area contributed by atoms with Gasteiger partial charge in [0, 0.05) is 6.42 Å². The van der Waals surface area contributed by atoms with Crippen LogP contribution in [0.5, 0.6) is 0 Å². The van der Waals surface area contributed by atoms with Crippen LogP contribution in [0.3, 0.4) is 0 Å². The van der Waals surface area contributed by atoms with Crippen LogP contribution in [0.25, 0.3) is 0 Å². The van der Waals surface area contributed by atoms with Gasteiger partial charge in [-0.3, -0.25) is 9.59 Å². The Bertz CT molecular complexity index is 454. The normalized spacial score (nSPS) is 9.83. The van der Waals surface area contributed by atoms with Crippen molar-refractivity contribution in [3.8, 4) is 0 Å². The Morgan fingerprint density at radius 3 is 2.61 bits per heavy atom. The van der Waals surface area contributed by atoms with Crippen molar-refractivity contribution in [2.24, 2.45) is 0 Å². The number of hydrogen-bond donors (Lipinski definition) is 2. The highest BCUT2D eigenvalue weighted by Gasteiger charge is 2.11. The van der Waals surface area contributed by atoms with Crippen LogP contribution in [0, 0.1) is 0 Å². The van der Waals surface area contributed by atoms with Gasteiger partial charge in [-0.1, -0.05) is 0 Å². The van der Waals surface area contributed by atoms with E-state index in [1.54, 1.807) is 6.92 Å². The summed E-state index contributed by atoms with van der Waals surface area (Å²) in [5.74, 6) is -1.81. The molecule has 1 amide bonds. The highest BCUT2D eigenvalue weighted by molar-refractivity contribution is 7.18. The summed E-state index contributed by atoms with van der Waals surface area (Å²) in [5.41, 5.74) is 0. The van der Waals surface area contributed by atoms with Crippen molar-refractivity contribution in [1.29, 1.82) is 0 Å². The molecule has 0 spiro atoms. The molecule has 0 saturated heterocycles. The molecule has 1 aromatic rings. The van der Waals surface area contributed by atoms with Gasteiger partial charge >= 0.3 is 11.9 Å². The maximum atomic E-state index is 11.4. The van der Waals surface area contributed by atoms with Gasteiger partial charge in [-0.15, -0.1) is 11.3 Å². The number of aromatic carboxylic acids is 1. The molecule has 0 atom stereocenters. The van der Waals surface area contributed by atoms with E-state index in [0.29, 0.717) is 5.00 Å². The van der Waals surface area contributed by atoms with Gasteiger partial charge in [-0.25, -0.2) is 4.79 Å². The van der Waals surface area contributed by atoms with Crippen LogP contribution < -0.4 is 5.32 Å². The first-order valence-corrected chi connectivity index (χ1v) is 6.13. The molecule has 1 heterocycles. The lowest BCUT2D eigenvalue weighted by atomic mass is 10.3. The summed E-state index contributed by atoms with van der Waals surface area (Å²) in [6.45, 7) is 1.98. The van der Waals surface area contributed by atoms with Gasteiger partial charge in [-0.05, 0) is 19.1 Å². The Morgan fingerprint density at radius 2 is 2.06 bits per heavy atom. The molecule has 1 rings (SSSR count). The zero-order valence-electron chi connectivity index (χ0n) is 9.76. The van der Waals surface area contributed by atoms with Crippen LogP contribution in [-0.4, -0.2) is 29.6 Å². The van der Waals surface area contributed by atoms with Gasteiger partial charge in [0.2, 0.25) is 5.91 Å². The molecule has 0 saturated carbocycles. The molecule has 7 heteroatoms. The zero-order valence-corrected chi connectivity index (χ0v) is 10.6. The largest absolute Gasteiger partial charge is 0.477 e. The molecule has 0 aromatic carbocycles. The summed E-state index contributed by atoms with van der Waals surface area (Å²) in [6.07, 6.45) is 0.0238. The van der Waals surface area contributed by atoms with Crippen LogP contribution in [-0.2, 0) is 14.3 Å². The molecule has 0 aliphatic carbocycles. The fourth-order valence-electron chi connectivity index (χ4n) is 1.17. The minimum Gasteiger partial charge on any atom is -0.477 e. The van der Waals surface area contributed by atoms with Crippen molar-refractivity contribution in [3.05, 3.63) is 17.0 Å². The first-order valence-electron chi connectivity index (χ1n) is 5.31. The minimum absolute atomic E-state index is 0.0108. The van der Waals surface area contributed by atoms with Crippen LogP contribution in [0.15, 0.2) is 12.1 Å². The SMILES string of the molecule is CCOC(=O)CCC(=O)Nc1ccc(C(=O)O)s1. The van der Waals surface area contributed by atoms with E-state index in [1.807, 2.05) is 0 Å². The number of amides is 1. The molecule has 0 bridgehead atoms. The lowest BCUT2D eigenvalue weighted by Crippen LogP contribution is -2.13. The Kier molecular flexibility index (Phi) is 5.31. The maximum Gasteiger partial charge on any atom is 0.345 e. The van der Waals surface area contributed by atoms with E-state index in [1.165, 1.54) is 12.1 Å². The van der Waals surface area contributed by atoms with Crippen molar-refractivity contribution in [2.75, 3.05) is 11.9 Å². The molecule has 98 valence electrons. The summed E-state index contributed by atoms with van der Waals surface area (Å²) in [5, 5.41) is 11.7. The number of carbonyl (C=O) groups is 3. The zero-order chi connectivity index (χ0) is 13.5. The van der Waals surface area contributed by atoms with Crippen molar-refractivity contribution < 1.29 is 24.2 Å². The van der Waals surface area contributed by atoms with Gasteiger partial charge < -0.3 is 15.2 Å². The summed E-state index contributed by atoms with van der Waals surface area (Å²) in [6, 6.07) is 2.92. The highest BCUT2D eigenvalue weighted by atomic mass is 32.1. The number of rotatable bonds is 6. The monoisotopic (exact) mass is 271 g/mol. The van der Waals surface area contributed by atoms with Crippen molar-refractivity contribution >= 4 is 34.2 Å². The van der Waals surface area contributed by atoms with Crippen LogP contribution in [0.1, 0.15) is 29.4 Å². The third-order valence-electron chi connectivity index (χ3n) is 1.94. The standard InChI is InChI=1S/C11H13NO5S/c1-2-17-10(14)6-4-8(13)12-9-5-3-7(18-9)11(15)16/h3,5H,2,4,6H2,1H3,(H,12,13)(H,15,16). The smallest absolute Gasteiger partial charge is 0.345 e. The number of carbonyl (C=O) groups excluding carboxylic acids is 2. The first-order chi connectivity index (χ1) is 8.52. The number of esters is 1. The first kappa shape index (κ1) is 14.2. The highest BCUT2D eigenvalue weighted by Crippen LogP contribution is 2.21. The van der Waals surface area contributed by atoms with Crippen molar-refractivity contribution in [3.63, 3.8) is 0 Å². The van der Waals surface area contributed by atoms with Crippen LogP contribution >= 0.6 is 11.3 Å². The van der Waals surface area contributed by atoms with E-state index in [-0.39, 0.29) is 30.2 Å². The lowest BCUT2D eigenvalue weighted by Gasteiger charge is -2.02. The molecule has 0 fully saturated rings. The third kappa shape index (κ3) is 4.54. The Morgan fingerprint density at radius 1 is 1.33 bits per heavy atom. The van der Waals surface area contributed by atoms with Crippen molar-refractivity contribution in [1.82, 2.24) is 0 Å². The number of anilines is 1. The minimum atomic E-state index is -1.04. The van der Waals surface area contributed by atoms with E-state index in [4.69, 9.17) is 5.11 Å². The molecule has 6 nitrogen and oxygen atoms in total. The molecule has 0 aliphatic heterocycles. The second-order valence-electron chi connectivity index (χ2n) is 3.32. The quantitative estimate of drug-likeness (QED) is 0.768. The molecule has 0 unspecified atom stereocenters. The van der Waals surface area contributed by atoms with Gasteiger partial charge in [0.05, 0.1) is 18.0 Å². The summed E-state index contributed by atoms with van der Waals surface area (Å²) < 4.78 is 4.68. The topological polar surface area (TPSA) is 92.7 Å². The van der Waals surface area contributed by atoms with Gasteiger partial charge in [0.1, 0.15) is 4.88 Å².